The fraction of sp³-hybridized carbons (Fsp3) is 0.188. The molecule has 0 aliphatic rings. The summed E-state index contributed by atoms with van der Waals surface area (Å²) in [5, 5.41) is 3.45. The summed E-state index contributed by atoms with van der Waals surface area (Å²) in [6.45, 7) is 2.39. The molecule has 2 nitrogen and oxygen atoms in total. The monoisotopic (exact) mass is 307 g/mol. The van der Waals surface area contributed by atoms with Gasteiger partial charge in [-0.1, -0.05) is 35.9 Å². The lowest BCUT2D eigenvalue weighted by molar-refractivity contribution is 0.0951. The minimum atomic E-state index is -0.128. The van der Waals surface area contributed by atoms with Crippen molar-refractivity contribution in [1.82, 2.24) is 5.32 Å². The second-order valence-electron chi connectivity index (χ2n) is 4.65. The third-order valence-corrected chi connectivity index (χ3v) is 3.46. The molecule has 2 aromatic rings. The van der Waals surface area contributed by atoms with Gasteiger partial charge in [0.05, 0.1) is 0 Å². The summed E-state index contributed by atoms with van der Waals surface area (Å²) < 4.78 is 0. The van der Waals surface area contributed by atoms with Crippen LogP contribution in [0.3, 0.4) is 0 Å². The van der Waals surface area contributed by atoms with Gasteiger partial charge in [0.1, 0.15) is 0 Å². The molecule has 104 valence electrons. The summed E-state index contributed by atoms with van der Waals surface area (Å²) in [5.41, 5.74) is 3.64. The molecule has 0 unspecified atom stereocenters. The van der Waals surface area contributed by atoms with Gasteiger partial charge in [-0.15, -0.1) is 11.6 Å². The number of hydrogen-bond acceptors (Lipinski definition) is 1. The molecule has 0 aromatic heterocycles. The van der Waals surface area contributed by atoms with Crippen molar-refractivity contribution in [2.75, 3.05) is 0 Å². The van der Waals surface area contributed by atoms with Crippen molar-refractivity contribution in [3.05, 3.63) is 69.7 Å². The molecule has 0 saturated heterocycles. The van der Waals surface area contributed by atoms with E-state index >= 15 is 0 Å². The number of rotatable bonds is 4. The standard InChI is InChI=1S/C16H15Cl2NO/c1-11-6-14(8-15(18)7-11)16(20)19-10-13-4-2-12(9-17)3-5-13/h2-8H,9-10H2,1H3,(H,19,20). The largest absolute Gasteiger partial charge is 0.348 e. The first-order chi connectivity index (χ1) is 9.58. The normalized spacial score (nSPS) is 10.3. The predicted molar refractivity (Wildman–Crippen MR) is 83.4 cm³/mol. The molecule has 0 saturated carbocycles. The van der Waals surface area contributed by atoms with Crippen LogP contribution in [-0.4, -0.2) is 5.91 Å². The maximum absolute atomic E-state index is 12.1. The quantitative estimate of drug-likeness (QED) is 0.838. The minimum Gasteiger partial charge on any atom is -0.348 e. The molecule has 0 fully saturated rings. The molecule has 0 bridgehead atoms. The number of halogens is 2. The number of alkyl halides is 1. The Balaban J connectivity index is 2.00. The van der Waals surface area contributed by atoms with Gasteiger partial charge < -0.3 is 5.32 Å². The summed E-state index contributed by atoms with van der Waals surface area (Å²) in [4.78, 5) is 12.1. The maximum Gasteiger partial charge on any atom is 0.251 e. The summed E-state index contributed by atoms with van der Waals surface area (Å²) in [6, 6.07) is 13.1. The molecule has 4 heteroatoms. The van der Waals surface area contributed by atoms with E-state index in [4.69, 9.17) is 23.2 Å². The fourth-order valence-electron chi connectivity index (χ4n) is 1.90. The number of carbonyl (C=O) groups excluding carboxylic acids is 1. The second kappa shape index (κ2) is 6.78. The van der Waals surface area contributed by atoms with Crippen molar-refractivity contribution in [3.8, 4) is 0 Å². The van der Waals surface area contributed by atoms with Gasteiger partial charge in [-0.3, -0.25) is 4.79 Å². The van der Waals surface area contributed by atoms with Gasteiger partial charge in [0.25, 0.3) is 5.91 Å². The zero-order valence-corrected chi connectivity index (χ0v) is 12.6. The molecule has 2 rings (SSSR count). The Labute approximate surface area is 128 Å². The van der Waals surface area contributed by atoms with E-state index in [1.54, 1.807) is 6.07 Å². The lowest BCUT2D eigenvalue weighted by atomic mass is 10.1. The van der Waals surface area contributed by atoms with Crippen molar-refractivity contribution < 1.29 is 4.79 Å². The van der Waals surface area contributed by atoms with Crippen molar-refractivity contribution in [2.45, 2.75) is 19.3 Å². The van der Waals surface area contributed by atoms with Gasteiger partial charge in [-0.2, -0.15) is 0 Å². The summed E-state index contributed by atoms with van der Waals surface area (Å²) in [6.07, 6.45) is 0. The number of carbonyl (C=O) groups is 1. The van der Waals surface area contributed by atoms with Crippen molar-refractivity contribution >= 4 is 29.1 Å². The van der Waals surface area contributed by atoms with Crippen molar-refractivity contribution in [1.29, 1.82) is 0 Å². The average Bonchev–Trinajstić information content (AvgIpc) is 2.44. The van der Waals surface area contributed by atoms with E-state index in [0.29, 0.717) is 23.0 Å². The molecular formula is C16H15Cl2NO. The first kappa shape index (κ1) is 14.9. The number of benzene rings is 2. The van der Waals surface area contributed by atoms with E-state index in [-0.39, 0.29) is 5.91 Å². The van der Waals surface area contributed by atoms with Crippen LogP contribution < -0.4 is 5.32 Å². The van der Waals surface area contributed by atoms with Crippen LogP contribution in [0.15, 0.2) is 42.5 Å². The SMILES string of the molecule is Cc1cc(Cl)cc(C(=O)NCc2ccc(CCl)cc2)c1. The van der Waals surface area contributed by atoms with E-state index in [1.165, 1.54) is 0 Å². The molecule has 1 N–H and O–H groups in total. The van der Waals surface area contributed by atoms with Gasteiger partial charge in [-0.25, -0.2) is 0 Å². The third kappa shape index (κ3) is 3.99. The first-order valence-electron chi connectivity index (χ1n) is 6.27. The van der Waals surface area contributed by atoms with Crippen molar-refractivity contribution in [2.24, 2.45) is 0 Å². The first-order valence-corrected chi connectivity index (χ1v) is 7.19. The second-order valence-corrected chi connectivity index (χ2v) is 5.35. The zero-order valence-electron chi connectivity index (χ0n) is 11.1. The zero-order chi connectivity index (χ0) is 14.5. The molecule has 0 spiro atoms. The highest BCUT2D eigenvalue weighted by molar-refractivity contribution is 6.31. The van der Waals surface area contributed by atoms with Gasteiger partial charge in [0, 0.05) is 23.0 Å². The van der Waals surface area contributed by atoms with E-state index in [9.17, 15) is 4.79 Å². The van der Waals surface area contributed by atoms with Gasteiger partial charge in [-0.05, 0) is 41.8 Å². The lowest BCUT2D eigenvalue weighted by Gasteiger charge is -2.07. The molecule has 1 amide bonds. The van der Waals surface area contributed by atoms with Crippen LogP contribution in [0, 0.1) is 6.92 Å². The minimum absolute atomic E-state index is 0.128. The Morgan fingerprint density at radius 2 is 1.75 bits per heavy atom. The smallest absolute Gasteiger partial charge is 0.251 e. The van der Waals surface area contributed by atoms with Crippen LogP contribution in [0.1, 0.15) is 27.0 Å². The molecule has 0 heterocycles. The van der Waals surface area contributed by atoms with Crippen LogP contribution in [-0.2, 0) is 12.4 Å². The Kier molecular flexibility index (Phi) is 5.05. The Hall–Kier alpha value is -1.51. The highest BCUT2D eigenvalue weighted by Gasteiger charge is 2.07. The van der Waals surface area contributed by atoms with E-state index < -0.39 is 0 Å². The van der Waals surface area contributed by atoms with Gasteiger partial charge >= 0.3 is 0 Å². The molecule has 0 aliphatic carbocycles. The lowest BCUT2D eigenvalue weighted by Crippen LogP contribution is -2.22. The molecule has 0 aliphatic heterocycles. The average molecular weight is 308 g/mol. The number of hydrogen-bond donors (Lipinski definition) is 1. The number of amides is 1. The number of aryl methyl sites for hydroxylation is 1. The topological polar surface area (TPSA) is 29.1 Å². The Morgan fingerprint density at radius 1 is 1.10 bits per heavy atom. The molecule has 2 aromatic carbocycles. The Morgan fingerprint density at radius 3 is 2.35 bits per heavy atom. The number of nitrogens with one attached hydrogen (secondary N) is 1. The van der Waals surface area contributed by atoms with Crippen LogP contribution in [0.4, 0.5) is 0 Å². The Bertz CT molecular complexity index is 588. The fourth-order valence-corrected chi connectivity index (χ4v) is 2.37. The highest BCUT2D eigenvalue weighted by atomic mass is 35.5. The van der Waals surface area contributed by atoms with Crippen molar-refractivity contribution in [3.63, 3.8) is 0 Å². The maximum atomic E-state index is 12.1. The van der Waals surface area contributed by atoms with Gasteiger partial charge in [0.15, 0.2) is 0 Å². The van der Waals surface area contributed by atoms with E-state index in [0.717, 1.165) is 16.7 Å². The predicted octanol–water partition coefficient (Wildman–Crippen LogP) is 4.32. The molecular weight excluding hydrogens is 293 g/mol. The molecule has 0 atom stereocenters. The third-order valence-electron chi connectivity index (χ3n) is 2.93. The summed E-state index contributed by atoms with van der Waals surface area (Å²) >= 11 is 11.7. The molecule has 20 heavy (non-hydrogen) atoms. The van der Waals surface area contributed by atoms with Crippen LogP contribution in [0.25, 0.3) is 0 Å². The van der Waals surface area contributed by atoms with E-state index in [2.05, 4.69) is 5.32 Å². The van der Waals surface area contributed by atoms with E-state index in [1.807, 2.05) is 43.3 Å². The van der Waals surface area contributed by atoms with Gasteiger partial charge in [0.2, 0.25) is 0 Å². The summed E-state index contributed by atoms with van der Waals surface area (Å²) in [5.74, 6) is 0.367. The summed E-state index contributed by atoms with van der Waals surface area (Å²) in [7, 11) is 0. The van der Waals surface area contributed by atoms with Crippen LogP contribution >= 0.6 is 23.2 Å². The van der Waals surface area contributed by atoms with Crippen LogP contribution in [0.2, 0.25) is 5.02 Å². The van der Waals surface area contributed by atoms with Crippen LogP contribution in [0.5, 0.6) is 0 Å². The highest BCUT2D eigenvalue weighted by Crippen LogP contribution is 2.14. The molecule has 0 radical (unpaired) electrons.